The molecule has 14 heavy (non-hydrogen) atoms. The Hall–Kier alpha value is -1.19. The zero-order valence-electron chi connectivity index (χ0n) is 7.72. The lowest BCUT2D eigenvalue weighted by molar-refractivity contribution is 0.0571. The Morgan fingerprint density at radius 2 is 2.21 bits per heavy atom. The van der Waals surface area contributed by atoms with Gasteiger partial charge in [-0.15, -0.1) is 0 Å². The first-order chi connectivity index (χ1) is 6.59. The molecule has 2 rings (SSSR count). The minimum atomic E-state index is -2.45. The molecule has 0 fully saturated rings. The van der Waals surface area contributed by atoms with Gasteiger partial charge >= 0.3 is 0 Å². The number of hydrogen-bond donors (Lipinski definition) is 0. The van der Waals surface area contributed by atoms with Crippen LogP contribution in [-0.4, -0.2) is 12.2 Å². The van der Waals surface area contributed by atoms with Crippen molar-refractivity contribution in [3.63, 3.8) is 0 Å². The number of furan rings is 1. The van der Waals surface area contributed by atoms with Gasteiger partial charge in [0.05, 0.1) is 11.8 Å². The molecular formula is C10H10F2O2. The summed E-state index contributed by atoms with van der Waals surface area (Å²) >= 11 is 0. The van der Waals surface area contributed by atoms with Crippen molar-refractivity contribution in [2.45, 2.75) is 26.2 Å². The molecule has 0 N–H and O–H groups in total. The van der Waals surface area contributed by atoms with Gasteiger partial charge in [-0.1, -0.05) is 0 Å². The molecule has 1 heterocycles. The molecule has 0 saturated carbocycles. The molecule has 1 aliphatic carbocycles. The monoisotopic (exact) mass is 200 g/mol. The second-order valence-corrected chi connectivity index (χ2v) is 3.64. The molecule has 2 nitrogen and oxygen atoms in total. The number of Topliss-reactive ketones (excluding diaryl/α,β-unsaturated/α-hetero) is 1. The zero-order valence-corrected chi connectivity index (χ0v) is 7.72. The maximum atomic E-state index is 12.4. The van der Waals surface area contributed by atoms with Crippen molar-refractivity contribution in [3.05, 3.63) is 23.2 Å². The zero-order chi connectivity index (χ0) is 10.3. The fourth-order valence-corrected chi connectivity index (χ4v) is 1.85. The van der Waals surface area contributed by atoms with Crippen LogP contribution in [0.5, 0.6) is 0 Å². The standard InChI is InChI=1S/C10H10F2O2/c1-5-4-14-8-3-6(10(11)12)2-7(13)9(5)8/h4,6,10H,2-3H2,1H3/t6-/m1/s1. The van der Waals surface area contributed by atoms with Gasteiger partial charge in [-0.3, -0.25) is 4.79 Å². The molecule has 1 aromatic heterocycles. The molecule has 1 aromatic rings. The predicted molar refractivity (Wildman–Crippen MR) is 45.6 cm³/mol. The highest BCUT2D eigenvalue weighted by Crippen LogP contribution is 2.32. The summed E-state index contributed by atoms with van der Waals surface area (Å²) in [6.45, 7) is 1.75. The third kappa shape index (κ3) is 1.35. The number of fused-ring (bicyclic) bond motifs is 1. The van der Waals surface area contributed by atoms with Gasteiger partial charge in [-0.25, -0.2) is 8.78 Å². The molecule has 4 heteroatoms. The van der Waals surface area contributed by atoms with E-state index in [1.807, 2.05) is 0 Å². The second-order valence-electron chi connectivity index (χ2n) is 3.64. The van der Waals surface area contributed by atoms with Crippen LogP contribution in [0.1, 0.15) is 28.1 Å². The number of ketones is 1. The highest BCUT2D eigenvalue weighted by molar-refractivity contribution is 5.99. The lowest BCUT2D eigenvalue weighted by Gasteiger charge is -2.19. The number of rotatable bonds is 1. The molecule has 0 bridgehead atoms. The molecule has 0 radical (unpaired) electrons. The number of carbonyl (C=O) groups is 1. The molecule has 76 valence electrons. The average Bonchev–Trinajstić information content (AvgIpc) is 2.48. The van der Waals surface area contributed by atoms with E-state index in [9.17, 15) is 13.6 Å². The minimum absolute atomic E-state index is 0.0644. The highest BCUT2D eigenvalue weighted by atomic mass is 19.3. The van der Waals surface area contributed by atoms with E-state index >= 15 is 0 Å². The number of aryl methyl sites for hydroxylation is 1. The van der Waals surface area contributed by atoms with Gasteiger partial charge in [0.25, 0.3) is 0 Å². The first-order valence-corrected chi connectivity index (χ1v) is 4.48. The maximum Gasteiger partial charge on any atom is 0.242 e. The lowest BCUT2D eigenvalue weighted by atomic mass is 9.86. The number of alkyl halides is 2. The van der Waals surface area contributed by atoms with Crippen molar-refractivity contribution in [2.75, 3.05) is 0 Å². The van der Waals surface area contributed by atoms with Crippen LogP contribution in [0, 0.1) is 12.8 Å². The van der Waals surface area contributed by atoms with Gasteiger partial charge in [0.2, 0.25) is 6.43 Å². The van der Waals surface area contributed by atoms with E-state index in [1.54, 1.807) is 6.92 Å². The molecular weight excluding hydrogens is 190 g/mol. The van der Waals surface area contributed by atoms with Crippen molar-refractivity contribution in [1.29, 1.82) is 0 Å². The molecule has 0 saturated heterocycles. The third-order valence-corrected chi connectivity index (χ3v) is 2.58. The molecule has 0 aliphatic heterocycles. The first-order valence-electron chi connectivity index (χ1n) is 4.48. The van der Waals surface area contributed by atoms with Crippen molar-refractivity contribution in [2.24, 2.45) is 5.92 Å². The summed E-state index contributed by atoms with van der Waals surface area (Å²) in [4.78, 5) is 11.5. The van der Waals surface area contributed by atoms with Crippen molar-refractivity contribution < 1.29 is 18.0 Å². The predicted octanol–water partition coefficient (Wildman–Crippen LogP) is 2.60. The average molecular weight is 200 g/mol. The van der Waals surface area contributed by atoms with E-state index in [0.717, 1.165) is 5.56 Å². The summed E-state index contributed by atoms with van der Waals surface area (Å²) in [5.74, 6) is -0.674. The fraction of sp³-hybridized carbons (Fsp3) is 0.500. The van der Waals surface area contributed by atoms with E-state index in [1.165, 1.54) is 6.26 Å². The van der Waals surface area contributed by atoms with Crippen molar-refractivity contribution >= 4 is 5.78 Å². The number of halogens is 2. The topological polar surface area (TPSA) is 30.2 Å². The van der Waals surface area contributed by atoms with E-state index < -0.39 is 12.3 Å². The smallest absolute Gasteiger partial charge is 0.242 e. The van der Waals surface area contributed by atoms with Gasteiger partial charge in [-0.2, -0.15) is 0 Å². The van der Waals surface area contributed by atoms with E-state index in [4.69, 9.17) is 4.42 Å². The summed E-state index contributed by atoms with van der Waals surface area (Å²) in [5, 5.41) is 0. The highest BCUT2D eigenvalue weighted by Gasteiger charge is 2.33. The van der Waals surface area contributed by atoms with E-state index in [0.29, 0.717) is 11.3 Å². The van der Waals surface area contributed by atoms with Crippen LogP contribution >= 0.6 is 0 Å². The third-order valence-electron chi connectivity index (χ3n) is 2.58. The van der Waals surface area contributed by atoms with Crippen LogP contribution in [0.15, 0.2) is 10.7 Å². The lowest BCUT2D eigenvalue weighted by Crippen LogP contribution is -2.24. The molecule has 0 amide bonds. The van der Waals surface area contributed by atoms with Gasteiger partial charge in [0, 0.05) is 18.8 Å². The molecule has 1 atom stereocenters. The maximum absolute atomic E-state index is 12.4. The van der Waals surface area contributed by atoms with Crippen LogP contribution < -0.4 is 0 Å². The van der Waals surface area contributed by atoms with Crippen LogP contribution in [-0.2, 0) is 6.42 Å². The Labute approximate surface area is 79.9 Å². The SMILES string of the molecule is Cc1coc2c1C(=O)C[C@@H](C(F)F)C2. The molecule has 1 aliphatic rings. The van der Waals surface area contributed by atoms with Crippen molar-refractivity contribution in [1.82, 2.24) is 0 Å². The summed E-state index contributed by atoms with van der Waals surface area (Å²) in [6.07, 6.45) is -0.883. The van der Waals surface area contributed by atoms with E-state index in [2.05, 4.69) is 0 Å². The van der Waals surface area contributed by atoms with Crippen LogP contribution in [0.2, 0.25) is 0 Å². The normalized spacial score (nSPS) is 21.4. The second kappa shape index (κ2) is 3.19. The van der Waals surface area contributed by atoms with Crippen molar-refractivity contribution in [3.8, 4) is 0 Å². The van der Waals surface area contributed by atoms with Crippen LogP contribution in [0.25, 0.3) is 0 Å². The summed E-state index contributed by atoms with van der Waals surface area (Å²) in [6, 6.07) is 0. The Morgan fingerprint density at radius 1 is 1.50 bits per heavy atom. The summed E-state index contributed by atoms with van der Waals surface area (Å²) in [7, 11) is 0. The quantitative estimate of drug-likeness (QED) is 0.697. The van der Waals surface area contributed by atoms with E-state index in [-0.39, 0.29) is 18.6 Å². The molecule has 0 spiro atoms. The van der Waals surface area contributed by atoms with Gasteiger partial charge in [-0.05, 0) is 12.5 Å². The largest absolute Gasteiger partial charge is 0.468 e. The Morgan fingerprint density at radius 3 is 2.86 bits per heavy atom. The Balaban J connectivity index is 2.35. The van der Waals surface area contributed by atoms with Gasteiger partial charge in [0.15, 0.2) is 5.78 Å². The molecule has 0 aromatic carbocycles. The van der Waals surface area contributed by atoms with Gasteiger partial charge in [0.1, 0.15) is 5.76 Å². The Bertz CT molecular complexity index is 368. The summed E-state index contributed by atoms with van der Waals surface area (Å²) < 4.78 is 29.9. The van der Waals surface area contributed by atoms with Crippen LogP contribution in [0.3, 0.4) is 0 Å². The fourth-order valence-electron chi connectivity index (χ4n) is 1.85. The Kier molecular flexibility index (Phi) is 2.13. The number of hydrogen-bond acceptors (Lipinski definition) is 2. The molecule has 0 unspecified atom stereocenters. The number of carbonyl (C=O) groups excluding carboxylic acids is 1. The van der Waals surface area contributed by atoms with Gasteiger partial charge < -0.3 is 4.42 Å². The minimum Gasteiger partial charge on any atom is -0.468 e. The van der Waals surface area contributed by atoms with Crippen LogP contribution in [0.4, 0.5) is 8.78 Å². The summed E-state index contributed by atoms with van der Waals surface area (Å²) in [5.41, 5.74) is 1.26. The first kappa shape index (κ1) is 9.37.